The Morgan fingerprint density at radius 1 is 1.21 bits per heavy atom. The van der Waals surface area contributed by atoms with Crippen molar-refractivity contribution in [3.05, 3.63) is 71.0 Å². The van der Waals surface area contributed by atoms with Gasteiger partial charge in [0.25, 0.3) is 0 Å². The van der Waals surface area contributed by atoms with Crippen LogP contribution >= 0.6 is 0 Å². The molecule has 0 radical (unpaired) electrons. The molecule has 2 heterocycles. The topological polar surface area (TPSA) is 80.4 Å². The second kappa shape index (κ2) is 7.03. The van der Waals surface area contributed by atoms with Gasteiger partial charge in [-0.25, -0.2) is 4.98 Å². The van der Waals surface area contributed by atoms with Gasteiger partial charge in [0.05, 0.1) is 12.7 Å². The minimum Gasteiger partial charge on any atom is -0.508 e. The third kappa shape index (κ3) is 3.11. The largest absolute Gasteiger partial charge is 0.508 e. The number of methoxy groups -OCH3 is 1. The van der Waals surface area contributed by atoms with E-state index in [4.69, 9.17) is 14.9 Å². The molecule has 144 valence electrons. The number of phenols is 1. The number of ether oxygens (including phenoxy) is 2. The van der Waals surface area contributed by atoms with Crippen LogP contribution in [-0.2, 0) is 6.54 Å². The zero-order valence-corrected chi connectivity index (χ0v) is 16.1. The van der Waals surface area contributed by atoms with E-state index in [0.29, 0.717) is 29.6 Å². The molecule has 28 heavy (non-hydrogen) atoms. The summed E-state index contributed by atoms with van der Waals surface area (Å²) in [6.07, 6.45) is 1.65. The van der Waals surface area contributed by atoms with Gasteiger partial charge in [0.15, 0.2) is 0 Å². The van der Waals surface area contributed by atoms with Gasteiger partial charge in [-0.3, -0.25) is 5.41 Å². The highest BCUT2D eigenvalue weighted by atomic mass is 16.5. The van der Waals surface area contributed by atoms with Crippen molar-refractivity contribution < 1.29 is 14.6 Å². The van der Waals surface area contributed by atoms with Crippen LogP contribution in [0.1, 0.15) is 36.5 Å². The van der Waals surface area contributed by atoms with E-state index in [0.717, 1.165) is 22.4 Å². The number of hydrogen-bond donors (Lipinski definition) is 2. The van der Waals surface area contributed by atoms with Gasteiger partial charge in [-0.05, 0) is 29.7 Å². The summed E-state index contributed by atoms with van der Waals surface area (Å²) in [5, 5.41) is 18.7. The standard InChI is InChI=1S/C22H23N3O3/c1-13(2)11-25-12-24-22-20(21(25)23)19(14-4-7-16(27-3)8-5-14)17-9-6-15(26)10-18(17)28-22/h4-10,12-13,19,23,26H,11H2,1-3H3/t19-/m0/s1. The fourth-order valence-electron chi connectivity index (χ4n) is 3.63. The molecule has 0 amide bonds. The van der Waals surface area contributed by atoms with Gasteiger partial charge in [0, 0.05) is 24.1 Å². The minimum atomic E-state index is -0.218. The molecule has 2 N–H and O–H groups in total. The van der Waals surface area contributed by atoms with E-state index in [2.05, 4.69) is 18.8 Å². The molecule has 1 aliphatic heterocycles. The van der Waals surface area contributed by atoms with E-state index in [9.17, 15) is 5.11 Å². The molecule has 1 atom stereocenters. The van der Waals surface area contributed by atoms with Gasteiger partial charge >= 0.3 is 0 Å². The summed E-state index contributed by atoms with van der Waals surface area (Å²) in [4.78, 5) is 4.49. The molecule has 2 aromatic carbocycles. The fourth-order valence-corrected chi connectivity index (χ4v) is 3.63. The zero-order chi connectivity index (χ0) is 19.8. The molecule has 1 aromatic heterocycles. The number of phenolic OH excluding ortho intramolecular Hbond substituents is 1. The van der Waals surface area contributed by atoms with Crippen LogP contribution in [0.15, 0.2) is 48.8 Å². The molecule has 0 saturated carbocycles. The maximum atomic E-state index is 9.90. The Morgan fingerprint density at radius 3 is 2.64 bits per heavy atom. The lowest BCUT2D eigenvalue weighted by Gasteiger charge is -2.29. The van der Waals surface area contributed by atoms with Gasteiger partial charge in [-0.2, -0.15) is 0 Å². The van der Waals surface area contributed by atoms with Crippen LogP contribution in [0.3, 0.4) is 0 Å². The average molecular weight is 377 g/mol. The number of nitrogens with one attached hydrogen (secondary N) is 1. The lowest BCUT2D eigenvalue weighted by molar-refractivity contribution is 0.407. The average Bonchev–Trinajstić information content (AvgIpc) is 2.68. The molecule has 6 heteroatoms. The van der Waals surface area contributed by atoms with Gasteiger partial charge in [0.2, 0.25) is 5.88 Å². The second-order valence-electron chi connectivity index (χ2n) is 7.39. The highest BCUT2D eigenvalue weighted by Crippen LogP contribution is 2.46. The Bertz CT molecular complexity index is 1070. The third-order valence-corrected chi connectivity index (χ3v) is 4.90. The fraction of sp³-hybridized carbons (Fsp3) is 0.273. The predicted octanol–water partition coefficient (Wildman–Crippen LogP) is 4.02. The van der Waals surface area contributed by atoms with Crippen LogP contribution in [0.25, 0.3) is 0 Å². The number of nitrogens with zero attached hydrogens (tertiary/aromatic N) is 2. The van der Waals surface area contributed by atoms with E-state index in [1.165, 1.54) is 0 Å². The van der Waals surface area contributed by atoms with E-state index in [1.807, 2.05) is 34.9 Å². The van der Waals surface area contributed by atoms with Crippen molar-refractivity contribution >= 4 is 0 Å². The monoisotopic (exact) mass is 377 g/mol. The smallest absolute Gasteiger partial charge is 0.228 e. The Kier molecular flexibility index (Phi) is 4.55. The Balaban J connectivity index is 1.93. The van der Waals surface area contributed by atoms with Crippen molar-refractivity contribution in [3.63, 3.8) is 0 Å². The summed E-state index contributed by atoms with van der Waals surface area (Å²) < 4.78 is 13.1. The van der Waals surface area contributed by atoms with Crippen LogP contribution in [0.2, 0.25) is 0 Å². The first-order chi connectivity index (χ1) is 13.5. The number of hydrogen-bond acceptors (Lipinski definition) is 5. The van der Waals surface area contributed by atoms with Crippen LogP contribution < -0.4 is 15.0 Å². The van der Waals surface area contributed by atoms with Crippen LogP contribution in [0.5, 0.6) is 23.1 Å². The lowest BCUT2D eigenvalue weighted by atomic mass is 9.84. The van der Waals surface area contributed by atoms with Crippen LogP contribution in [0, 0.1) is 11.3 Å². The Labute approximate surface area is 163 Å². The normalized spacial score (nSPS) is 14.9. The van der Waals surface area contributed by atoms with Crippen molar-refractivity contribution in [1.29, 1.82) is 5.41 Å². The summed E-state index contributed by atoms with van der Waals surface area (Å²) in [6.45, 7) is 4.93. The minimum absolute atomic E-state index is 0.132. The third-order valence-electron chi connectivity index (χ3n) is 4.90. The molecule has 0 aliphatic carbocycles. The molecule has 0 unspecified atom stereocenters. The maximum absolute atomic E-state index is 9.90. The van der Waals surface area contributed by atoms with Gasteiger partial charge in [-0.15, -0.1) is 0 Å². The van der Waals surface area contributed by atoms with Crippen molar-refractivity contribution in [2.45, 2.75) is 26.3 Å². The maximum Gasteiger partial charge on any atom is 0.228 e. The van der Waals surface area contributed by atoms with Crippen molar-refractivity contribution in [2.24, 2.45) is 5.92 Å². The van der Waals surface area contributed by atoms with E-state index < -0.39 is 0 Å². The Morgan fingerprint density at radius 2 is 1.96 bits per heavy atom. The summed E-state index contributed by atoms with van der Waals surface area (Å²) in [7, 11) is 1.64. The predicted molar refractivity (Wildman–Crippen MR) is 105 cm³/mol. The first kappa shape index (κ1) is 18.1. The highest BCUT2D eigenvalue weighted by molar-refractivity contribution is 5.57. The zero-order valence-electron chi connectivity index (χ0n) is 16.1. The van der Waals surface area contributed by atoms with Crippen molar-refractivity contribution in [2.75, 3.05) is 7.11 Å². The summed E-state index contributed by atoms with van der Waals surface area (Å²) in [5.41, 5.74) is 3.02. The summed E-state index contributed by atoms with van der Waals surface area (Å²) >= 11 is 0. The summed E-state index contributed by atoms with van der Waals surface area (Å²) in [5.74, 6) is 2.04. The molecular weight excluding hydrogens is 354 g/mol. The summed E-state index contributed by atoms with van der Waals surface area (Å²) in [6, 6.07) is 12.9. The van der Waals surface area contributed by atoms with E-state index in [1.54, 1.807) is 25.6 Å². The number of fused-ring (bicyclic) bond motifs is 2. The number of rotatable bonds is 4. The first-order valence-electron chi connectivity index (χ1n) is 9.26. The molecule has 0 saturated heterocycles. The molecule has 6 nitrogen and oxygen atoms in total. The molecule has 3 aromatic rings. The molecule has 0 spiro atoms. The molecule has 0 fully saturated rings. The molecule has 4 rings (SSSR count). The van der Waals surface area contributed by atoms with Gasteiger partial charge < -0.3 is 19.1 Å². The van der Waals surface area contributed by atoms with Gasteiger partial charge in [-0.1, -0.05) is 32.0 Å². The van der Waals surface area contributed by atoms with Crippen molar-refractivity contribution in [1.82, 2.24) is 9.55 Å². The van der Waals surface area contributed by atoms with Crippen LogP contribution in [0.4, 0.5) is 0 Å². The number of aromatic nitrogens is 2. The lowest BCUT2D eigenvalue weighted by Crippen LogP contribution is -2.30. The molecule has 0 bridgehead atoms. The highest BCUT2D eigenvalue weighted by Gasteiger charge is 2.32. The quantitative estimate of drug-likeness (QED) is 0.563. The second-order valence-corrected chi connectivity index (χ2v) is 7.39. The SMILES string of the molecule is COc1ccc([C@H]2c3ccc(O)cc3Oc3ncn(CC(C)C)c(=N)c32)cc1. The van der Waals surface area contributed by atoms with Crippen molar-refractivity contribution in [3.8, 4) is 23.1 Å². The molecular formula is C22H23N3O3. The first-order valence-corrected chi connectivity index (χ1v) is 9.26. The molecule has 1 aliphatic rings. The number of benzene rings is 2. The number of aromatic hydroxyl groups is 1. The van der Waals surface area contributed by atoms with E-state index >= 15 is 0 Å². The van der Waals surface area contributed by atoms with Crippen LogP contribution in [-0.4, -0.2) is 21.8 Å². The van der Waals surface area contributed by atoms with E-state index in [-0.39, 0.29) is 11.7 Å². The van der Waals surface area contributed by atoms with Gasteiger partial charge in [0.1, 0.15) is 29.1 Å². The Hall–Kier alpha value is -3.28.